The van der Waals surface area contributed by atoms with Gasteiger partial charge >= 0.3 is 5.69 Å². The van der Waals surface area contributed by atoms with Gasteiger partial charge in [-0.25, -0.2) is 9.48 Å². The maximum absolute atomic E-state index is 12.1. The largest absolute Gasteiger partial charge is 0.333 e. The SMILES string of the molecule is Cc1ccccc1-n1cc(-c2nc(-c3cccc(-n4c(C)c[nH]c4=O)c3)no2)cn1. The molecule has 5 rings (SSSR count). The molecule has 3 aromatic heterocycles. The molecule has 0 fully saturated rings. The van der Waals surface area contributed by atoms with Crippen LogP contribution >= 0.6 is 0 Å². The van der Waals surface area contributed by atoms with Crippen LogP contribution in [0.25, 0.3) is 34.2 Å². The number of aromatic nitrogens is 6. The number of aryl methyl sites for hydroxylation is 2. The summed E-state index contributed by atoms with van der Waals surface area (Å²) in [6.45, 7) is 3.90. The van der Waals surface area contributed by atoms with Gasteiger partial charge in [0.05, 0.1) is 23.1 Å². The lowest BCUT2D eigenvalue weighted by atomic mass is 10.2. The summed E-state index contributed by atoms with van der Waals surface area (Å²) >= 11 is 0. The van der Waals surface area contributed by atoms with Crippen molar-refractivity contribution in [1.82, 2.24) is 29.5 Å². The van der Waals surface area contributed by atoms with Crippen LogP contribution in [0.5, 0.6) is 0 Å². The van der Waals surface area contributed by atoms with Gasteiger partial charge in [0.1, 0.15) is 0 Å². The number of rotatable bonds is 4. The van der Waals surface area contributed by atoms with E-state index in [1.54, 1.807) is 21.6 Å². The van der Waals surface area contributed by atoms with E-state index in [0.717, 1.165) is 33.8 Å². The molecule has 0 radical (unpaired) electrons. The van der Waals surface area contributed by atoms with E-state index in [-0.39, 0.29) is 5.69 Å². The minimum atomic E-state index is -0.193. The van der Waals surface area contributed by atoms with E-state index in [0.29, 0.717) is 11.7 Å². The van der Waals surface area contributed by atoms with Gasteiger partial charge in [0, 0.05) is 23.7 Å². The Morgan fingerprint density at radius 1 is 1.03 bits per heavy atom. The highest BCUT2D eigenvalue weighted by atomic mass is 16.5. The first-order chi connectivity index (χ1) is 14.6. The second-order valence-corrected chi connectivity index (χ2v) is 7.00. The first-order valence-corrected chi connectivity index (χ1v) is 9.43. The van der Waals surface area contributed by atoms with E-state index < -0.39 is 0 Å². The lowest BCUT2D eigenvalue weighted by Crippen LogP contribution is -2.15. The molecule has 0 unspecified atom stereocenters. The summed E-state index contributed by atoms with van der Waals surface area (Å²) in [4.78, 5) is 19.3. The first kappa shape index (κ1) is 17.9. The number of hydrogen-bond acceptors (Lipinski definition) is 5. The third kappa shape index (κ3) is 3.04. The molecule has 0 saturated heterocycles. The third-order valence-corrected chi connectivity index (χ3v) is 4.94. The van der Waals surface area contributed by atoms with Crippen molar-refractivity contribution in [2.75, 3.05) is 0 Å². The number of imidazole rings is 1. The standard InChI is InChI=1S/C22H18N6O2/c1-14-6-3-4-9-19(14)27-13-17(12-24-27)21-25-20(26-30-21)16-7-5-8-18(10-16)28-15(2)11-23-22(28)29/h3-13H,1-2H3,(H,23,29). The van der Waals surface area contributed by atoms with Crippen LogP contribution < -0.4 is 5.69 Å². The molecule has 5 aromatic rings. The molecule has 0 saturated carbocycles. The summed E-state index contributed by atoms with van der Waals surface area (Å²) in [5, 5.41) is 8.53. The molecule has 0 bridgehead atoms. The van der Waals surface area contributed by atoms with Crippen LogP contribution in [0.15, 0.2) is 76.4 Å². The Hall–Kier alpha value is -4.20. The van der Waals surface area contributed by atoms with Gasteiger partial charge in [-0.2, -0.15) is 10.1 Å². The normalized spacial score (nSPS) is 11.1. The van der Waals surface area contributed by atoms with Crippen LogP contribution in [0.1, 0.15) is 11.3 Å². The summed E-state index contributed by atoms with van der Waals surface area (Å²) in [5.74, 6) is 0.821. The second kappa shape index (κ2) is 7.00. The number of H-pyrrole nitrogens is 1. The molecular formula is C22H18N6O2. The summed E-state index contributed by atoms with van der Waals surface area (Å²) < 4.78 is 8.86. The molecule has 0 spiro atoms. The van der Waals surface area contributed by atoms with Crippen LogP contribution in [-0.2, 0) is 0 Å². The van der Waals surface area contributed by atoms with Gasteiger partial charge in [-0.1, -0.05) is 35.5 Å². The van der Waals surface area contributed by atoms with Gasteiger partial charge in [0.15, 0.2) is 0 Å². The fourth-order valence-corrected chi connectivity index (χ4v) is 3.40. The fourth-order valence-electron chi connectivity index (χ4n) is 3.40. The molecule has 148 valence electrons. The minimum absolute atomic E-state index is 0.193. The van der Waals surface area contributed by atoms with Gasteiger partial charge in [-0.15, -0.1) is 0 Å². The molecule has 8 heteroatoms. The van der Waals surface area contributed by atoms with Crippen LogP contribution in [-0.4, -0.2) is 29.5 Å². The lowest BCUT2D eigenvalue weighted by Gasteiger charge is -2.05. The zero-order chi connectivity index (χ0) is 20.7. The Morgan fingerprint density at radius 3 is 2.70 bits per heavy atom. The molecule has 30 heavy (non-hydrogen) atoms. The van der Waals surface area contributed by atoms with Crippen LogP contribution in [0.4, 0.5) is 0 Å². The smallest absolute Gasteiger partial charge is 0.330 e. The van der Waals surface area contributed by atoms with Gasteiger partial charge < -0.3 is 9.51 Å². The zero-order valence-electron chi connectivity index (χ0n) is 16.4. The van der Waals surface area contributed by atoms with Gasteiger partial charge in [0.2, 0.25) is 5.82 Å². The first-order valence-electron chi connectivity index (χ1n) is 9.43. The summed E-state index contributed by atoms with van der Waals surface area (Å²) in [5.41, 5.74) is 4.94. The van der Waals surface area contributed by atoms with Gasteiger partial charge in [-0.3, -0.25) is 4.57 Å². The summed E-state index contributed by atoms with van der Waals surface area (Å²) in [6.07, 6.45) is 5.23. The lowest BCUT2D eigenvalue weighted by molar-refractivity contribution is 0.432. The molecule has 0 atom stereocenters. The molecule has 8 nitrogen and oxygen atoms in total. The average Bonchev–Trinajstić information content (AvgIpc) is 3.49. The van der Waals surface area contributed by atoms with Crippen molar-refractivity contribution in [1.29, 1.82) is 0 Å². The predicted molar refractivity (Wildman–Crippen MR) is 112 cm³/mol. The van der Waals surface area contributed by atoms with E-state index in [4.69, 9.17) is 4.52 Å². The van der Waals surface area contributed by atoms with Crippen molar-refractivity contribution in [3.8, 4) is 34.2 Å². The number of para-hydroxylation sites is 1. The Balaban J connectivity index is 1.48. The van der Waals surface area contributed by atoms with Crippen molar-refractivity contribution in [2.24, 2.45) is 0 Å². The number of benzene rings is 2. The average molecular weight is 398 g/mol. The fraction of sp³-hybridized carbons (Fsp3) is 0.0909. The molecule has 3 heterocycles. The number of nitrogens with zero attached hydrogens (tertiary/aromatic N) is 5. The Bertz CT molecular complexity index is 1400. The van der Waals surface area contributed by atoms with E-state index in [1.807, 2.05) is 68.6 Å². The van der Waals surface area contributed by atoms with Crippen molar-refractivity contribution in [3.63, 3.8) is 0 Å². The molecule has 1 N–H and O–H groups in total. The van der Waals surface area contributed by atoms with E-state index in [1.165, 1.54) is 0 Å². The Kier molecular flexibility index (Phi) is 4.17. The van der Waals surface area contributed by atoms with E-state index in [9.17, 15) is 4.79 Å². The highest BCUT2D eigenvalue weighted by molar-refractivity contribution is 5.62. The van der Waals surface area contributed by atoms with Crippen molar-refractivity contribution in [2.45, 2.75) is 13.8 Å². The summed E-state index contributed by atoms with van der Waals surface area (Å²) in [6, 6.07) is 15.4. The predicted octanol–water partition coefficient (Wildman–Crippen LogP) is 3.69. The number of aromatic amines is 1. The van der Waals surface area contributed by atoms with E-state index >= 15 is 0 Å². The maximum Gasteiger partial charge on any atom is 0.330 e. The number of hydrogen-bond donors (Lipinski definition) is 1. The van der Waals surface area contributed by atoms with Crippen molar-refractivity contribution < 1.29 is 4.52 Å². The highest BCUT2D eigenvalue weighted by Crippen LogP contribution is 2.24. The summed E-state index contributed by atoms with van der Waals surface area (Å²) in [7, 11) is 0. The molecular weight excluding hydrogens is 380 g/mol. The van der Waals surface area contributed by atoms with E-state index in [2.05, 4.69) is 20.2 Å². The minimum Gasteiger partial charge on any atom is -0.333 e. The molecule has 0 aliphatic rings. The topological polar surface area (TPSA) is 94.5 Å². The van der Waals surface area contributed by atoms with Gasteiger partial charge in [-0.05, 0) is 37.6 Å². The quantitative estimate of drug-likeness (QED) is 0.498. The number of nitrogens with one attached hydrogen (secondary N) is 1. The third-order valence-electron chi connectivity index (χ3n) is 4.94. The van der Waals surface area contributed by atoms with Crippen LogP contribution in [0.2, 0.25) is 0 Å². The van der Waals surface area contributed by atoms with Gasteiger partial charge in [0.25, 0.3) is 5.89 Å². The van der Waals surface area contributed by atoms with Crippen LogP contribution in [0.3, 0.4) is 0 Å². The highest BCUT2D eigenvalue weighted by Gasteiger charge is 2.14. The molecule has 0 amide bonds. The molecule has 2 aromatic carbocycles. The Labute approximate surface area is 171 Å². The molecule has 0 aliphatic carbocycles. The maximum atomic E-state index is 12.1. The molecule has 0 aliphatic heterocycles. The monoisotopic (exact) mass is 398 g/mol. The van der Waals surface area contributed by atoms with Crippen molar-refractivity contribution in [3.05, 3.63) is 88.9 Å². The Morgan fingerprint density at radius 2 is 1.90 bits per heavy atom. The second-order valence-electron chi connectivity index (χ2n) is 7.00. The van der Waals surface area contributed by atoms with Crippen molar-refractivity contribution >= 4 is 0 Å². The zero-order valence-corrected chi connectivity index (χ0v) is 16.4. The van der Waals surface area contributed by atoms with Crippen LogP contribution in [0, 0.1) is 13.8 Å².